The predicted molar refractivity (Wildman–Crippen MR) is 89.6 cm³/mol. The Balaban J connectivity index is 1.94. The Morgan fingerprint density at radius 3 is 2.33 bits per heavy atom. The summed E-state index contributed by atoms with van der Waals surface area (Å²) in [4.78, 5) is 8.94. The van der Waals surface area contributed by atoms with Crippen molar-refractivity contribution >= 4 is 27.6 Å². The highest BCUT2D eigenvalue weighted by atomic mass is 79.9. The Bertz CT molecular complexity index is 740. The third-order valence-corrected chi connectivity index (χ3v) is 3.48. The maximum atomic E-state index is 4.58. The molecule has 2 aromatic carbocycles. The van der Waals surface area contributed by atoms with Gasteiger partial charge < -0.3 is 5.32 Å². The van der Waals surface area contributed by atoms with Gasteiger partial charge in [-0.1, -0.05) is 48.0 Å². The Morgan fingerprint density at radius 1 is 0.905 bits per heavy atom. The highest BCUT2D eigenvalue weighted by molar-refractivity contribution is 9.10. The second-order valence-corrected chi connectivity index (χ2v) is 5.57. The van der Waals surface area contributed by atoms with E-state index in [2.05, 4.69) is 62.4 Å². The maximum Gasteiger partial charge on any atom is 0.228 e. The molecular weight excluding hydrogens is 326 g/mol. The number of para-hydroxylation sites is 1. The molecular formula is C17H14BrN3. The summed E-state index contributed by atoms with van der Waals surface area (Å²) in [5, 5.41) is 3.21. The Hall–Kier alpha value is -2.20. The van der Waals surface area contributed by atoms with Crippen molar-refractivity contribution in [2.24, 2.45) is 0 Å². The first-order chi connectivity index (χ1) is 10.2. The van der Waals surface area contributed by atoms with Crippen molar-refractivity contribution in [3.05, 3.63) is 70.8 Å². The van der Waals surface area contributed by atoms with Crippen LogP contribution in [0.5, 0.6) is 0 Å². The second-order valence-electron chi connectivity index (χ2n) is 4.76. The molecule has 0 saturated heterocycles. The molecule has 104 valence electrons. The van der Waals surface area contributed by atoms with Gasteiger partial charge in [-0.3, -0.25) is 0 Å². The van der Waals surface area contributed by atoms with Crippen LogP contribution in [0, 0.1) is 6.92 Å². The van der Waals surface area contributed by atoms with E-state index in [0.29, 0.717) is 5.95 Å². The second kappa shape index (κ2) is 6.06. The normalized spacial score (nSPS) is 10.4. The molecule has 4 heteroatoms. The molecule has 0 aliphatic carbocycles. The topological polar surface area (TPSA) is 37.8 Å². The van der Waals surface area contributed by atoms with Crippen molar-refractivity contribution in [2.45, 2.75) is 6.92 Å². The van der Waals surface area contributed by atoms with Crippen LogP contribution in [-0.2, 0) is 0 Å². The number of hydrogen-bond acceptors (Lipinski definition) is 3. The van der Waals surface area contributed by atoms with Crippen molar-refractivity contribution < 1.29 is 0 Å². The smallest absolute Gasteiger partial charge is 0.228 e. The molecule has 0 bridgehead atoms. The number of aromatic nitrogens is 2. The van der Waals surface area contributed by atoms with E-state index >= 15 is 0 Å². The van der Waals surface area contributed by atoms with E-state index in [1.807, 2.05) is 36.4 Å². The van der Waals surface area contributed by atoms with Crippen LogP contribution in [0.2, 0.25) is 0 Å². The average Bonchev–Trinajstić information content (AvgIpc) is 2.48. The minimum atomic E-state index is 0.575. The largest absolute Gasteiger partial charge is 0.324 e. The molecule has 0 fully saturated rings. The number of aryl methyl sites for hydroxylation is 1. The van der Waals surface area contributed by atoms with Gasteiger partial charge in [0.25, 0.3) is 0 Å². The summed E-state index contributed by atoms with van der Waals surface area (Å²) in [5.74, 6) is 0.575. The minimum Gasteiger partial charge on any atom is -0.324 e. The van der Waals surface area contributed by atoms with E-state index in [4.69, 9.17) is 0 Å². The molecule has 1 heterocycles. The van der Waals surface area contributed by atoms with E-state index < -0.39 is 0 Å². The highest BCUT2D eigenvalue weighted by Gasteiger charge is 2.05. The SMILES string of the molecule is Cc1ccc(-c2cc(Br)nc(Nc3ccccc3)n2)cc1. The zero-order valence-corrected chi connectivity index (χ0v) is 13.1. The van der Waals surface area contributed by atoms with Gasteiger partial charge in [-0.05, 0) is 41.1 Å². The number of hydrogen-bond donors (Lipinski definition) is 1. The molecule has 3 nitrogen and oxygen atoms in total. The summed E-state index contributed by atoms with van der Waals surface area (Å²) in [7, 11) is 0. The molecule has 0 saturated carbocycles. The Labute approximate surface area is 132 Å². The first-order valence-corrected chi connectivity index (χ1v) is 7.44. The standard InChI is InChI=1S/C17H14BrN3/c1-12-7-9-13(10-8-12)15-11-16(18)21-17(20-15)19-14-5-3-2-4-6-14/h2-11H,1H3,(H,19,20,21). The van der Waals surface area contributed by atoms with Gasteiger partial charge in [0, 0.05) is 11.3 Å². The number of halogens is 1. The van der Waals surface area contributed by atoms with E-state index in [1.54, 1.807) is 0 Å². The molecule has 21 heavy (non-hydrogen) atoms. The molecule has 1 aromatic heterocycles. The molecule has 0 atom stereocenters. The van der Waals surface area contributed by atoms with Crippen LogP contribution in [0.25, 0.3) is 11.3 Å². The number of anilines is 2. The average molecular weight is 340 g/mol. The van der Waals surface area contributed by atoms with Gasteiger partial charge in [0.05, 0.1) is 5.69 Å². The van der Waals surface area contributed by atoms with Crippen LogP contribution >= 0.6 is 15.9 Å². The van der Waals surface area contributed by atoms with Crippen LogP contribution in [0.1, 0.15) is 5.56 Å². The third-order valence-electron chi connectivity index (χ3n) is 3.07. The van der Waals surface area contributed by atoms with E-state index in [-0.39, 0.29) is 0 Å². The summed E-state index contributed by atoms with van der Waals surface area (Å²) < 4.78 is 0.756. The number of rotatable bonds is 3. The van der Waals surface area contributed by atoms with E-state index in [1.165, 1.54) is 5.56 Å². The lowest BCUT2D eigenvalue weighted by molar-refractivity contribution is 1.14. The van der Waals surface area contributed by atoms with Gasteiger partial charge in [0.1, 0.15) is 4.60 Å². The zero-order valence-electron chi connectivity index (χ0n) is 11.5. The number of nitrogens with zero attached hydrogens (tertiary/aromatic N) is 2. The predicted octanol–water partition coefficient (Wildman–Crippen LogP) is 4.96. The first-order valence-electron chi connectivity index (χ1n) is 6.64. The summed E-state index contributed by atoms with van der Waals surface area (Å²) in [6, 6.07) is 20.1. The fourth-order valence-electron chi connectivity index (χ4n) is 2.00. The number of benzene rings is 2. The molecule has 3 aromatic rings. The van der Waals surface area contributed by atoms with Gasteiger partial charge in [-0.2, -0.15) is 0 Å². The summed E-state index contributed by atoms with van der Waals surface area (Å²) in [5.41, 5.74) is 4.15. The monoisotopic (exact) mass is 339 g/mol. The van der Waals surface area contributed by atoms with Crippen molar-refractivity contribution in [1.29, 1.82) is 0 Å². The molecule has 0 aliphatic rings. The lowest BCUT2D eigenvalue weighted by Gasteiger charge is -2.08. The lowest BCUT2D eigenvalue weighted by atomic mass is 10.1. The van der Waals surface area contributed by atoms with Gasteiger partial charge in [-0.15, -0.1) is 0 Å². The van der Waals surface area contributed by atoms with Crippen molar-refractivity contribution in [3.8, 4) is 11.3 Å². The fourth-order valence-corrected chi connectivity index (χ4v) is 2.38. The van der Waals surface area contributed by atoms with Crippen LogP contribution in [0.4, 0.5) is 11.6 Å². The summed E-state index contributed by atoms with van der Waals surface area (Å²) in [6.45, 7) is 2.07. The summed E-state index contributed by atoms with van der Waals surface area (Å²) in [6.07, 6.45) is 0. The minimum absolute atomic E-state index is 0.575. The highest BCUT2D eigenvalue weighted by Crippen LogP contribution is 2.23. The maximum absolute atomic E-state index is 4.58. The lowest BCUT2D eigenvalue weighted by Crippen LogP contribution is -1.98. The molecule has 1 N–H and O–H groups in total. The molecule has 0 amide bonds. The van der Waals surface area contributed by atoms with Crippen LogP contribution < -0.4 is 5.32 Å². The molecule has 3 rings (SSSR count). The summed E-state index contributed by atoms with van der Waals surface area (Å²) >= 11 is 3.45. The molecule has 0 radical (unpaired) electrons. The first kappa shape index (κ1) is 13.8. The third kappa shape index (κ3) is 3.47. The molecule has 0 spiro atoms. The van der Waals surface area contributed by atoms with Crippen LogP contribution in [0.3, 0.4) is 0 Å². The van der Waals surface area contributed by atoms with E-state index in [9.17, 15) is 0 Å². The Kier molecular flexibility index (Phi) is 3.97. The van der Waals surface area contributed by atoms with Crippen molar-refractivity contribution in [1.82, 2.24) is 9.97 Å². The van der Waals surface area contributed by atoms with Gasteiger partial charge in [-0.25, -0.2) is 9.97 Å². The molecule has 0 unspecified atom stereocenters. The van der Waals surface area contributed by atoms with Gasteiger partial charge in [0.2, 0.25) is 5.95 Å². The van der Waals surface area contributed by atoms with Crippen LogP contribution in [-0.4, -0.2) is 9.97 Å². The van der Waals surface area contributed by atoms with E-state index in [0.717, 1.165) is 21.5 Å². The molecule has 0 aliphatic heterocycles. The van der Waals surface area contributed by atoms with Gasteiger partial charge >= 0.3 is 0 Å². The number of nitrogens with one attached hydrogen (secondary N) is 1. The van der Waals surface area contributed by atoms with Crippen LogP contribution in [0.15, 0.2) is 65.3 Å². The quantitative estimate of drug-likeness (QED) is 0.685. The van der Waals surface area contributed by atoms with Gasteiger partial charge in [0.15, 0.2) is 0 Å². The fraction of sp³-hybridized carbons (Fsp3) is 0.0588. The zero-order chi connectivity index (χ0) is 14.7. The van der Waals surface area contributed by atoms with Crippen molar-refractivity contribution in [2.75, 3.05) is 5.32 Å². The van der Waals surface area contributed by atoms with Crippen molar-refractivity contribution in [3.63, 3.8) is 0 Å². The Morgan fingerprint density at radius 2 is 1.62 bits per heavy atom.